The van der Waals surface area contributed by atoms with Gasteiger partial charge in [-0.2, -0.15) is 0 Å². The fraction of sp³-hybridized carbons (Fsp3) is 0.438. The van der Waals surface area contributed by atoms with Crippen LogP contribution in [0.15, 0.2) is 18.2 Å². The first-order valence-corrected chi connectivity index (χ1v) is 6.64. The van der Waals surface area contributed by atoms with Gasteiger partial charge in [0.05, 0.1) is 12.2 Å². The van der Waals surface area contributed by atoms with Crippen molar-refractivity contribution in [3.05, 3.63) is 29.6 Å². The molecule has 1 fully saturated rings. The molecule has 106 valence electrons. The number of benzene rings is 1. The molecule has 20 heavy (non-hydrogen) atoms. The molecule has 1 unspecified atom stereocenters. The zero-order valence-corrected chi connectivity index (χ0v) is 11.7. The summed E-state index contributed by atoms with van der Waals surface area (Å²) in [5.41, 5.74) is 0.840. The van der Waals surface area contributed by atoms with Gasteiger partial charge in [-0.1, -0.05) is 25.7 Å². The van der Waals surface area contributed by atoms with Crippen LogP contribution in [0, 0.1) is 29.0 Å². The van der Waals surface area contributed by atoms with Crippen LogP contribution in [0.1, 0.15) is 32.3 Å². The molecule has 4 heteroatoms. The average Bonchev–Trinajstić information content (AvgIpc) is 3.03. The maximum Gasteiger partial charge on any atom is 0.228 e. The molecule has 0 aliphatic heterocycles. The van der Waals surface area contributed by atoms with Crippen molar-refractivity contribution in [3.63, 3.8) is 0 Å². The van der Waals surface area contributed by atoms with Crippen LogP contribution in [-0.4, -0.2) is 17.6 Å². The Hall–Kier alpha value is -1.86. The molecule has 2 N–H and O–H groups in total. The Kier molecular flexibility index (Phi) is 4.10. The summed E-state index contributed by atoms with van der Waals surface area (Å²) in [5, 5.41) is 11.4. The van der Waals surface area contributed by atoms with Gasteiger partial charge >= 0.3 is 0 Å². The lowest BCUT2D eigenvalue weighted by molar-refractivity contribution is -0.118. The summed E-state index contributed by atoms with van der Waals surface area (Å²) in [7, 11) is 0. The number of amides is 1. The third-order valence-electron chi connectivity index (χ3n) is 3.52. The smallest absolute Gasteiger partial charge is 0.228 e. The molecule has 3 nitrogen and oxygen atoms in total. The molecule has 0 saturated heterocycles. The highest BCUT2D eigenvalue weighted by Crippen LogP contribution is 2.51. The maximum atomic E-state index is 13.6. The molecule has 0 spiro atoms. The zero-order chi connectivity index (χ0) is 14.8. The number of aliphatic hydroxyl groups excluding tert-OH is 1. The Morgan fingerprint density at radius 1 is 1.55 bits per heavy atom. The van der Waals surface area contributed by atoms with E-state index in [-0.39, 0.29) is 29.4 Å². The summed E-state index contributed by atoms with van der Waals surface area (Å²) in [6.45, 7) is 4.04. The number of nitrogens with one attached hydrogen (secondary N) is 1. The minimum atomic E-state index is -0.430. The first-order valence-electron chi connectivity index (χ1n) is 6.64. The van der Waals surface area contributed by atoms with Gasteiger partial charge in [0.2, 0.25) is 5.91 Å². The van der Waals surface area contributed by atoms with E-state index in [4.69, 9.17) is 5.11 Å². The summed E-state index contributed by atoms with van der Waals surface area (Å²) < 4.78 is 13.6. The summed E-state index contributed by atoms with van der Waals surface area (Å²) >= 11 is 0. The number of anilines is 1. The van der Waals surface area contributed by atoms with E-state index in [1.165, 1.54) is 18.2 Å². The fourth-order valence-electron chi connectivity index (χ4n) is 2.06. The summed E-state index contributed by atoms with van der Waals surface area (Å²) in [4.78, 5) is 12.0. The number of halogens is 1. The fourth-order valence-corrected chi connectivity index (χ4v) is 2.06. The lowest BCUT2D eigenvalue weighted by Crippen LogP contribution is -2.16. The third kappa shape index (κ3) is 3.37. The van der Waals surface area contributed by atoms with Gasteiger partial charge in [0.25, 0.3) is 0 Å². The van der Waals surface area contributed by atoms with Crippen LogP contribution >= 0.6 is 0 Å². The number of carbonyl (C=O) groups is 1. The molecule has 0 radical (unpaired) electrons. The molecule has 2 rings (SSSR count). The molecule has 1 aliphatic carbocycles. The Morgan fingerprint density at radius 2 is 2.25 bits per heavy atom. The predicted molar refractivity (Wildman–Crippen MR) is 75.5 cm³/mol. The minimum Gasteiger partial charge on any atom is -0.395 e. The second-order valence-corrected chi connectivity index (χ2v) is 5.70. The molecule has 1 aromatic rings. The van der Waals surface area contributed by atoms with Gasteiger partial charge in [0.15, 0.2) is 0 Å². The molecular formula is C16H18FNO2. The second kappa shape index (κ2) is 5.64. The molecule has 1 amide bonds. The van der Waals surface area contributed by atoms with Crippen molar-refractivity contribution >= 4 is 11.6 Å². The Morgan fingerprint density at radius 3 is 2.85 bits per heavy atom. The average molecular weight is 275 g/mol. The zero-order valence-electron chi connectivity index (χ0n) is 11.7. The van der Waals surface area contributed by atoms with Crippen molar-refractivity contribution in [1.82, 2.24) is 0 Å². The van der Waals surface area contributed by atoms with Crippen molar-refractivity contribution < 1.29 is 14.3 Å². The molecule has 1 saturated carbocycles. The summed E-state index contributed by atoms with van der Waals surface area (Å²) in [5.74, 6) is 4.88. The normalized spacial score (nSPS) is 18.9. The first-order chi connectivity index (χ1) is 9.44. The first kappa shape index (κ1) is 14.5. The van der Waals surface area contributed by atoms with Crippen LogP contribution in [0.2, 0.25) is 0 Å². The molecule has 0 bridgehead atoms. The standard InChI is InChI=1S/C16H18FNO2/c1-16(2)10-13(16)15(20)18-12-6-7-14(17)11(9-12)5-3-4-8-19/h6-7,9,13,19H,4,8,10H2,1-2H3,(H,18,20). The Bertz CT molecular complexity index is 584. The highest BCUT2D eigenvalue weighted by atomic mass is 19.1. The van der Waals surface area contributed by atoms with E-state index in [0.717, 1.165) is 6.42 Å². The highest BCUT2D eigenvalue weighted by Gasteiger charge is 2.50. The van der Waals surface area contributed by atoms with Crippen LogP contribution < -0.4 is 5.32 Å². The molecule has 0 aromatic heterocycles. The van der Waals surface area contributed by atoms with Crippen LogP contribution in [0.5, 0.6) is 0 Å². The predicted octanol–water partition coefficient (Wildman–Crippen LogP) is 2.54. The van der Waals surface area contributed by atoms with Crippen molar-refractivity contribution in [3.8, 4) is 11.8 Å². The van der Waals surface area contributed by atoms with E-state index >= 15 is 0 Å². The number of rotatable bonds is 3. The van der Waals surface area contributed by atoms with E-state index < -0.39 is 5.82 Å². The summed E-state index contributed by atoms with van der Waals surface area (Å²) in [6.07, 6.45) is 1.18. The van der Waals surface area contributed by atoms with Gasteiger partial charge in [-0.3, -0.25) is 4.79 Å². The van der Waals surface area contributed by atoms with Crippen LogP contribution in [0.25, 0.3) is 0 Å². The van der Waals surface area contributed by atoms with Crippen molar-refractivity contribution in [2.45, 2.75) is 26.7 Å². The van der Waals surface area contributed by atoms with Gasteiger partial charge < -0.3 is 10.4 Å². The quantitative estimate of drug-likeness (QED) is 0.833. The Balaban J connectivity index is 2.08. The van der Waals surface area contributed by atoms with E-state index in [1.807, 2.05) is 13.8 Å². The van der Waals surface area contributed by atoms with E-state index in [1.54, 1.807) is 0 Å². The summed E-state index contributed by atoms with van der Waals surface area (Å²) in [6, 6.07) is 4.34. The molecule has 1 atom stereocenters. The maximum absolute atomic E-state index is 13.6. The lowest BCUT2D eigenvalue weighted by Gasteiger charge is -2.07. The molecule has 1 aliphatic rings. The monoisotopic (exact) mass is 275 g/mol. The largest absolute Gasteiger partial charge is 0.395 e. The van der Waals surface area contributed by atoms with E-state index in [2.05, 4.69) is 17.2 Å². The SMILES string of the molecule is CC1(C)CC1C(=O)Nc1ccc(F)c(C#CCCO)c1. The van der Waals surface area contributed by atoms with Crippen molar-refractivity contribution in [2.75, 3.05) is 11.9 Å². The van der Waals surface area contributed by atoms with E-state index in [0.29, 0.717) is 12.1 Å². The van der Waals surface area contributed by atoms with Gasteiger partial charge in [-0.25, -0.2) is 4.39 Å². The Labute approximate surface area is 118 Å². The molecule has 0 heterocycles. The number of hydrogen-bond donors (Lipinski definition) is 2. The third-order valence-corrected chi connectivity index (χ3v) is 3.52. The van der Waals surface area contributed by atoms with Gasteiger partial charge in [0.1, 0.15) is 5.82 Å². The number of aliphatic hydroxyl groups is 1. The van der Waals surface area contributed by atoms with Crippen LogP contribution in [0.3, 0.4) is 0 Å². The van der Waals surface area contributed by atoms with Gasteiger partial charge in [0, 0.05) is 18.0 Å². The number of carbonyl (C=O) groups excluding carboxylic acids is 1. The van der Waals surface area contributed by atoms with Crippen LogP contribution in [-0.2, 0) is 4.79 Å². The van der Waals surface area contributed by atoms with Gasteiger partial charge in [-0.05, 0) is 30.0 Å². The number of hydrogen-bond acceptors (Lipinski definition) is 2. The van der Waals surface area contributed by atoms with Crippen molar-refractivity contribution in [2.24, 2.45) is 11.3 Å². The highest BCUT2D eigenvalue weighted by molar-refractivity contribution is 5.95. The van der Waals surface area contributed by atoms with E-state index in [9.17, 15) is 9.18 Å². The minimum absolute atomic E-state index is 0.0245. The van der Waals surface area contributed by atoms with Gasteiger partial charge in [-0.15, -0.1) is 0 Å². The second-order valence-electron chi connectivity index (χ2n) is 5.70. The topological polar surface area (TPSA) is 49.3 Å². The lowest BCUT2D eigenvalue weighted by atomic mass is 10.1. The molecule has 1 aromatic carbocycles. The van der Waals surface area contributed by atoms with Crippen molar-refractivity contribution in [1.29, 1.82) is 0 Å². The van der Waals surface area contributed by atoms with Crippen LogP contribution in [0.4, 0.5) is 10.1 Å². The molecular weight excluding hydrogens is 257 g/mol.